The SMILES string of the molecule is COc1ccc(Cl)c(Nc2ncnc3cc(OCCCCl)c(OC)cc23)n1. The van der Waals surface area contributed by atoms with Crippen LogP contribution in [0.4, 0.5) is 11.6 Å². The number of rotatable bonds is 8. The smallest absolute Gasteiger partial charge is 0.214 e. The topological polar surface area (TPSA) is 78.4 Å². The van der Waals surface area contributed by atoms with Gasteiger partial charge >= 0.3 is 0 Å². The number of hydrogen-bond acceptors (Lipinski definition) is 7. The molecule has 0 saturated carbocycles. The Bertz CT molecular complexity index is 940. The van der Waals surface area contributed by atoms with Gasteiger partial charge in [-0.25, -0.2) is 9.97 Å². The molecule has 0 aliphatic heterocycles. The first-order chi connectivity index (χ1) is 13.2. The number of methoxy groups -OCH3 is 2. The predicted octanol–water partition coefficient (Wildman–Crippen LogP) is 4.45. The van der Waals surface area contributed by atoms with Crippen molar-refractivity contribution in [2.24, 2.45) is 0 Å². The highest BCUT2D eigenvalue weighted by Gasteiger charge is 2.13. The van der Waals surface area contributed by atoms with E-state index in [2.05, 4.69) is 20.3 Å². The van der Waals surface area contributed by atoms with Crippen molar-refractivity contribution >= 4 is 45.7 Å². The number of nitrogens with zero attached hydrogens (tertiary/aromatic N) is 3. The molecule has 3 rings (SSSR count). The highest BCUT2D eigenvalue weighted by molar-refractivity contribution is 6.33. The second-order valence-corrected chi connectivity index (χ2v) is 6.23. The fourth-order valence-corrected chi connectivity index (χ4v) is 2.67. The summed E-state index contributed by atoms with van der Waals surface area (Å²) >= 11 is 11.9. The molecule has 7 nitrogen and oxygen atoms in total. The molecule has 142 valence electrons. The lowest BCUT2D eigenvalue weighted by Crippen LogP contribution is -2.02. The number of benzene rings is 1. The van der Waals surface area contributed by atoms with E-state index in [0.29, 0.717) is 52.0 Å². The van der Waals surface area contributed by atoms with Crippen molar-refractivity contribution in [3.63, 3.8) is 0 Å². The van der Waals surface area contributed by atoms with Crippen LogP contribution in [0.2, 0.25) is 5.02 Å². The van der Waals surface area contributed by atoms with E-state index < -0.39 is 0 Å². The lowest BCUT2D eigenvalue weighted by Gasteiger charge is -2.14. The van der Waals surface area contributed by atoms with Gasteiger partial charge in [-0.15, -0.1) is 11.6 Å². The van der Waals surface area contributed by atoms with Gasteiger partial charge in [-0.3, -0.25) is 0 Å². The largest absolute Gasteiger partial charge is 0.493 e. The first-order valence-electron chi connectivity index (χ1n) is 8.15. The molecule has 1 aromatic carbocycles. The summed E-state index contributed by atoms with van der Waals surface area (Å²) in [6.07, 6.45) is 2.19. The zero-order valence-corrected chi connectivity index (χ0v) is 16.3. The number of hydrogen-bond donors (Lipinski definition) is 1. The van der Waals surface area contributed by atoms with Crippen molar-refractivity contribution < 1.29 is 14.2 Å². The standard InChI is InChI=1S/C18H18Cl2N4O3/c1-25-14-8-11-13(9-15(14)27-7-3-6-19)21-10-22-17(11)24-18-12(20)4-5-16(23-18)26-2/h4-5,8-10H,3,6-7H2,1-2H3,(H,21,22,23,24). The van der Waals surface area contributed by atoms with E-state index in [4.69, 9.17) is 37.4 Å². The van der Waals surface area contributed by atoms with Crippen molar-refractivity contribution in [3.8, 4) is 17.4 Å². The summed E-state index contributed by atoms with van der Waals surface area (Å²) in [5.74, 6) is 3.09. The van der Waals surface area contributed by atoms with Gasteiger partial charge in [0.05, 0.1) is 31.4 Å². The lowest BCUT2D eigenvalue weighted by molar-refractivity contribution is 0.295. The molecular weight excluding hydrogens is 391 g/mol. The summed E-state index contributed by atoms with van der Waals surface area (Å²) in [7, 11) is 3.11. The van der Waals surface area contributed by atoms with Crippen molar-refractivity contribution in [2.75, 3.05) is 32.0 Å². The first kappa shape index (κ1) is 19.3. The van der Waals surface area contributed by atoms with Crippen LogP contribution in [0, 0.1) is 0 Å². The summed E-state index contributed by atoms with van der Waals surface area (Å²) in [5.41, 5.74) is 0.688. The van der Waals surface area contributed by atoms with E-state index in [1.54, 1.807) is 25.3 Å². The Hall–Kier alpha value is -2.51. The number of nitrogens with one attached hydrogen (secondary N) is 1. The highest BCUT2D eigenvalue weighted by Crippen LogP contribution is 2.35. The minimum Gasteiger partial charge on any atom is -0.493 e. The van der Waals surface area contributed by atoms with Crippen LogP contribution in [0.25, 0.3) is 10.9 Å². The maximum atomic E-state index is 6.23. The van der Waals surface area contributed by atoms with Gasteiger partial charge in [0, 0.05) is 23.4 Å². The third-order valence-electron chi connectivity index (χ3n) is 3.72. The quantitative estimate of drug-likeness (QED) is 0.435. The number of fused-ring (bicyclic) bond motifs is 1. The molecule has 0 bridgehead atoms. The maximum Gasteiger partial charge on any atom is 0.214 e. The van der Waals surface area contributed by atoms with E-state index in [9.17, 15) is 0 Å². The van der Waals surface area contributed by atoms with Crippen LogP contribution in [0.5, 0.6) is 17.4 Å². The van der Waals surface area contributed by atoms with Crippen LogP contribution >= 0.6 is 23.2 Å². The second-order valence-electron chi connectivity index (χ2n) is 5.44. The molecule has 0 aliphatic carbocycles. The van der Waals surface area contributed by atoms with E-state index >= 15 is 0 Å². The Morgan fingerprint density at radius 1 is 1.04 bits per heavy atom. The van der Waals surface area contributed by atoms with Crippen molar-refractivity contribution in [1.29, 1.82) is 0 Å². The zero-order chi connectivity index (χ0) is 19.2. The number of aromatic nitrogens is 3. The average molecular weight is 409 g/mol. The molecular formula is C18H18Cl2N4O3. The van der Waals surface area contributed by atoms with Crippen LogP contribution in [-0.2, 0) is 0 Å². The van der Waals surface area contributed by atoms with Gasteiger partial charge in [0.15, 0.2) is 17.3 Å². The number of ether oxygens (including phenoxy) is 3. The summed E-state index contributed by atoms with van der Waals surface area (Å²) in [5, 5.41) is 4.30. The molecule has 0 saturated heterocycles. The number of anilines is 2. The van der Waals surface area contributed by atoms with Gasteiger partial charge < -0.3 is 19.5 Å². The van der Waals surface area contributed by atoms with Gasteiger partial charge in [0.25, 0.3) is 0 Å². The third kappa shape index (κ3) is 4.43. The first-order valence-corrected chi connectivity index (χ1v) is 9.06. The van der Waals surface area contributed by atoms with E-state index in [-0.39, 0.29) is 0 Å². The molecule has 2 heterocycles. The Morgan fingerprint density at radius 3 is 2.63 bits per heavy atom. The number of halogens is 2. The Morgan fingerprint density at radius 2 is 1.89 bits per heavy atom. The minimum atomic E-state index is 0.428. The van der Waals surface area contributed by atoms with Gasteiger partial charge in [-0.05, 0) is 18.6 Å². The molecule has 0 spiro atoms. The van der Waals surface area contributed by atoms with Crippen LogP contribution in [-0.4, -0.2) is 41.7 Å². The third-order valence-corrected chi connectivity index (χ3v) is 4.29. The molecule has 0 radical (unpaired) electrons. The molecule has 9 heteroatoms. The molecule has 1 N–H and O–H groups in total. The molecule has 0 fully saturated rings. The van der Waals surface area contributed by atoms with Crippen molar-refractivity contribution in [1.82, 2.24) is 15.0 Å². The van der Waals surface area contributed by atoms with Crippen LogP contribution in [0.1, 0.15) is 6.42 Å². The van der Waals surface area contributed by atoms with Gasteiger partial charge in [0.1, 0.15) is 12.1 Å². The molecule has 0 aliphatic rings. The summed E-state index contributed by atoms with van der Waals surface area (Å²) in [6.45, 7) is 0.491. The summed E-state index contributed by atoms with van der Waals surface area (Å²) in [6, 6.07) is 6.99. The van der Waals surface area contributed by atoms with Gasteiger partial charge in [-0.2, -0.15) is 4.98 Å². The van der Waals surface area contributed by atoms with Crippen molar-refractivity contribution in [3.05, 3.63) is 35.6 Å². The Kier molecular flexibility index (Phi) is 6.36. The fourth-order valence-electron chi connectivity index (χ4n) is 2.41. The molecule has 0 unspecified atom stereocenters. The second kappa shape index (κ2) is 8.92. The number of alkyl halides is 1. The molecule has 2 aromatic heterocycles. The number of pyridine rings is 1. The molecule has 0 amide bonds. The van der Waals surface area contributed by atoms with E-state index in [0.717, 1.165) is 11.8 Å². The maximum absolute atomic E-state index is 6.23. The van der Waals surface area contributed by atoms with E-state index in [1.807, 2.05) is 6.07 Å². The molecule has 3 aromatic rings. The normalized spacial score (nSPS) is 10.7. The van der Waals surface area contributed by atoms with Gasteiger partial charge in [0.2, 0.25) is 5.88 Å². The van der Waals surface area contributed by atoms with E-state index in [1.165, 1.54) is 13.4 Å². The average Bonchev–Trinajstić information content (AvgIpc) is 2.69. The Labute approximate surface area is 166 Å². The fraction of sp³-hybridized carbons (Fsp3) is 0.278. The van der Waals surface area contributed by atoms with Crippen LogP contribution < -0.4 is 19.5 Å². The zero-order valence-electron chi connectivity index (χ0n) is 14.8. The summed E-state index contributed by atoms with van der Waals surface area (Å²) in [4.78, 5) is 12.9. The van der Waals surface area contributed by atoms with Crippen molar-refractivity contribution in [2.45, 2.75) is 6.42 Å². The molecule has 0 atom stereocenters. The minimum absolute atomic E-state index is 0.428. The predicted molar refractivity (Wildman–Crippen MR) is 106 cm³/mol. The van der Waals surface area contributed by atoms with Gasteiger partial charge in [-0.1, -0.05) is 11.6 Å². The van der Waals surface area contributed by atoms with Crippen LogP contribution in [0.15, 0.2) is 30.6 Å². The monoisotopic (exact) mass is 408 g/mol. The summed E-state index contributed by atoms with van der Waals surface area (Å²) < 4.78 is 16.3. The van der Waals surface area contributed by atoms with Crippen LogP contribution in [0.3, 0.4) is 0 Å². The lowest BCUT2D eigenvalue weighted by atomic mass is 10.2. The Balaban J connectivity index is 1.99. The highest BCUT2D eigenvalue weighted by atomic mass is 35.5. The molecule has 27 heavy (non-hydrogen) atoms.